The third-order valence-electron chi connectivity index (χ3n) is 3.10. The molecule has 2 aromatic carbocycles. The molecule has 0 spiro atoms. The monoisotopic (exact) mass is 339 g/mol. The smallest absolute Gasteiger partial charge is 0.339 e. The van der Waals surface area contributed by atoms with Gasteiger partial charge in [0, 0.05) is 13.1 Å². The summed E-state index contributed by atoms with van der Waals surface area (Å²) in [6, 6.07) is 17.1. The predicted molar refractivity (Wildman–Crippen MR) is 91.8 cm³/mol. The van der Waals surface area contributed by atoms with Crippen molar-refractivity contribution in [1.82, 2.24) is 4.90 Å². The molecule has 0 aliphatic rings. The van der Waals surface area contributed by atoms with Crippen molar-refractivity contribution in [3.05, 3.63) is 70.7 Å². The number of rotatable bonds is 6. The van der Waals surface area contributed by atoms with Crippen LogP contribution in [0.5, 0.6) is 0 Å². The number of nitrogens with zero attached hydrogens (tertiary/aromatic N) is 1. The average Bonchev–Trinajstić information content (AvgIpc) is 2.48. The lowest BCUT2D eigenvalue weighted by molar-refractivity contribution is 0.0471. The largest absolute Gasteiger partial charge is 0.461 e. The molecule has 0 unspecified atom stereocenters. The third-order valence-corrected chi connectivity index (χ3v) is 3.42. The lowest BCUT2D eigenvalue weighted by atomic mass is 10.2. The normalized spacial score (nSPS) is 10.1. The Morgan fingerprint density at radius 2 is 1.73 bits per heavy atom. The number of ether oxygens (including phenoxy) is 1. The van der Waals surface area contributed by atoms with Gasteiger partial charge >= 0.3 is 5.97 Å². The zero-order valence-corrected chi connectivity index (χ0v) is 13.9. The first-order valence-electron chi connectivity index (χ1n) is 6.81. The summed E-state index contributed by atoms with van der Waals surface area (Å²) in [7, 11) is 2.00. The third kappa shape index (κ3) is 5.68. The van der Waals surface area contributed by atoms with Gasteiger partial charge in [0.05, 0.1) is 10.6 Å². The van der Waals surface area contributed by atoms with E-state index in [-0.39, 0.29) is 18.4 Å². The van der Waals surface area contributed by atoms with E-state index in [1.165, 1.54) is 5.56 Å². The molecule has 118 valence electrons. The van der Waals surface area contributed by atoms with Crippen molar-refractivity contribution >= 4 is 30.0 Å². The Morgan fingerprint density at radius 1 is 1.09 bits per heavy atom. The molecule has 0 amide bonds. The summed E-state index contributed by atoms with van der Waals surface area (Å²) in [5, 5.41) is 0.417. The Kier molecular flexibility index (Phi) is 7.96. The van der Waals surface area contributed by atoms with Crippen molar-refractivity contribution in [3.8, 4) is 0 Å². The summed E-state index contributed by atoms with van der Waals surface area (Å²) in [6.45, 7) is 1.84. The molecular weight excluding hydrogens is 321 g/mol. The number of carbonyl (C=O) groups excluding carboxylic acids is 1. The predicted octanol–water partition coefficient (Wildman–Crippen LogP) is 4.05. The van der Waals surface area contributed by atoms with E-state index in [0.717, 1.165) is 6.54 Å². The maximum absolute atomic E-state index is 11.9. The van der Waals surface area contributed by atoms with Gasteiger partial charge in [0.1, 0.15) is 6.61 Å². The Hall–Kier alpha value is -1.55. The maximum atomic E-state index is 11.9. The molecule has 22 heavy (non-hydrogen) atoms. The highest BCUT2D eigenvalue weighted by Crippen LogP contribution is 2.15. The molecule has 0 heterocycles. The van der Waals surface area contributed by atoms with E-state index in [9.17, 15) is 4.79 Å². The highest BCUT2D eigenvalue weighted by molar-refractivity contribution is 6.33. The van der Waals surface area contributed by atoms with E-state index in [1.807, 2.05) is 25.2 Å². The Balaban J connectivity index is 0.00000242. The van der Waals surface area contributed by atoms with Gasteiger partial charge in [0.15, 0.2) is 0 Å². The van der Waals surface area contributed by atoms with E-state index in [0.29, 0.717) is 23.7 Å². The highest BCUT2D eigenvalue weighted by Gasteiger charge is 2.11. The average molecular weight is 340 g/mol. The minimum Gasteiger partial charge on any atom is -0.461 e. The summed E-state index contributed by atoms with van der Waals surface area (Å²) >= 11 is 5.96. The van der Waals surface area contributed by atoms with Gasteiger partial charge in [-0.2, -0.15) is 0 Å². The second-order valence-corrected chi connectivity index (χ2v) is 5.25. The van der Waals surface area contributed by atoms with Crippen LogP contribution in [0.4, 0.5) is 0 Å². The van der Waals surface area contributed by atoms with Gasteiger partial charge < -0.3 is 4.74 Å². The van der Waals surface area contributed by atoms with Crippen molar-refractivity contribution in [2.24, 2.45) is 0 Å². The molecule has 0 bridgehead atoms. The van der Waals surface area contributed by atoms with Crippen LogP contribution < -0.4 is 0 Å². The van der Waals surface area contributed by atoms with Gasteiger partial charge in [-0.15, -0.1) is 12.4 Å². The van der Waals surface area contributed by atoms with Gasteiger partial charge in [-0.25, -0.2) is 4.79 Å². The zero-order chi connectivity index (χ0) is 15.1. The van der Waals surface area contributed by atoms with Crippen LogP contribution in [-0.2, 0) is 11.3 Å². The molecule has 0 radical (unpaired) electrons. The van der Waals surface area contributed by atoms with Gasteiger partial charge in [0.25, 0.3) is 0 Å². The van der Waals surface area contributed by atoms with E-state index < -0.39 is 0 Å². The molecule has 0 aromatic heterocycles. The summed E-state index contributed by atoms with van der Waals surface area (Å²) in [4.78, 5) is 14.0. The van der Waals surface area contributed by atoms with Gasteiger partial charge in [-0.3, -0.25) is 4.90 Å². The molecule has 0 aliphatic heterocycles. The molecule has 2 rings (SSSR count). The van der Waals surface area contributed by atoms with Crippen LogP contribution in [0.25, 0.3) is 0 Å². The lowest BCUT2D eigenvalue weighted by Gasteiger charge is -2.16. The number of benzene rings is 2. The SMILES string of the molecule is CN(CCOC(=O)c1ccccc1Cl)Cc1ccccc1.Cl. The molecule has 0 N–H and O–H groups in total. The van der Waals surface area contributed by atoms with Gasteiger partial charge in [-0.05, 0) is 24.7 Å². The van der Waals surface area contributed by atoms with E-state index in [2.05, 4.69) is 17.0 Å². The molecule has 0 atom stereocenters. The first-order chi connectivity index (χ1) is 10.2. The van der Waals surface area contributed by atoms with Crippen LogP contribution in [0.15, 0.2) is 54.6 Å². The number of halogens is 2. The maximum Gasteiger partial charge on any atom is 0.339 e. The van der Waals surface area contributed by atoms with E-state index in [4.69, 9.17) is 16.3 Å². The van der Waals surface area contributed by atoms with Crippen LogP contribution in [0.1, 0.15) is 15.9 Å². The standard InChI is InChI=1S/C17H18ClNO2.ClH/c1-19(13-14-7-3-2-4-8-14)11-12-21-17(20)15-9-5-6-10-16(15)18;/h2-10H,11-13H2,1H3;1H. The fraction of sp³-hybridized carbons (Fsp3) is 0.235. The van der Waals surface area contributed by atoms with Gasteiger partial charge in [0.2, 0.25) is 0 Å². The first-order valence-corrected chi connectivity index (χ1v) is 7.19. The van der Waals surface area contributed by atoms with Crippen molar-refractivity contribution in [2.75, 3.05) is 20.2 Å². The summed E-state index contributed by atoms with van der Waals surface area (Å²) in [6.07, 6.45) is 0. The summed E-state index contributed by atoms with van der Waals surface area (Å²) < 4.78 is 5.25. The van der Waals surface area contributed by atoms with Crippen molar-refractivity contribution in [3.63, 3.8) is 0 Å². The van der Waals surface area contributed by atoms with E-state index >= 15 is 0 Å². The molecule has 0 aliphatic carbocycles. The molecule has 0 fully saturated rings. The fourth-order valence-corrected chi connectivity index (χ4v) is 2.19. The van der Waals surface area contributed by atoms with Gasteiger partial charge in [-0.1, -0.05) is 54.1 Å². The minimum atomic E-state index is -0.381. The van der Waals surface area contributed by atoms with Crippen LogP contribution in [-0.4, -0.2) is 31.1 Å². The quantitative estimate of drug-likeness (QED) is 0.743. The highest BCUT2D eigenvalue weighted by atomic mass is 35.5. The van der Waals surface area contributed by atoms with Crippen LogP contribution in [0, 0.1) is 0 Å². The van der Waals surface area contributed by atoms with Crippen molar-refractivity contribution in [1.29, 1.82) is 0 Å². The number of hydrogen-bond donors (Lipinski definition) is 0. The second kappa shape index (κ2) is 9.46. The van der Waals surface area contributed by atoms with Crippen molar-refractivity contribution < 1.29 is 9.53 Å². The second-order valence-electron chi connectivity index (χ2n) is 4.84. The summed E-state index contributed by atoms with van der Waals surface area (Å²) in [5.41, 5.74) is 1.64. The Labute approximate surface area is 142 Å². The molecular formula is C17H19Cl2NO2. The molecule has 2 aromatic rings. The zero-order valence-electron chi connectivity index (χ0n) is 12.4. The molecule has 3 nitrogen and oxygen atoms in total. The van der Waals surface area contributed by atoms with Crippen molar-refractivity contribution in [2.45, 2.75) is 6.54 Å². The lowest BCUT2D eigenvalue weighted by Crippen LogP contribution is -2.24. The van der Waals surface area contributed by atoms with Crippen LogP contribution in [0.2, 0.25) is 5.02 Å². The summed E-state index contributed by atoms with van der Waals surface area (Å²) in [5.74, 6) is -0.381. The number of carbonyl (C=O) groups is 1. The van der Waals surface area contributed by atoms with Crippen LogP contribution in [0.3, 0.4) is 0 Å². The van der Waals surface area contributed by atoms with Crippen LogP contribution >= 0.6 is 24.0 Å². The number of esters is 1. The Bertz CT molecular complexity index is 590. The Morgan fingerprint density at radius 3 is 2.41 bits per heavy atom. The molecule has 0 saturated heterocycles. The van der Waals surface area contributed by atoms with E-state index in [1.54, 1.807) is 24.3 Å². The first kappa shape index (κ1) is 18.5. The number of likely N-dealkylation sites (N-methyl/N-ethyl adjacent to an activating group) is 1. The topological polar surface area (TPSA) is 29.5 Å². The molecule has 0 saturated carbocycles. The fourth-order valence-electron chi connectivity index (χ4n) is 1.97. The number of hydrogen-bond acceptors (Lipinski definition) is 3. The molecule has 5 heteroatoms. The minimum absolute atomic E-state index is 0.